The summed E-state index contributed by atoms with van der Waals surface area (Å²) >= 11 is 1.39. The topological polar surface area (TPSA) is 111 Å². The molecule has 0 aliphatic rings. The molecule has 0 saturated carbocycles. The number of fused-ring (bicyclic) bond motifs is 1. The Hall–Kier alpha value is -2.75. The molecule has 0 bridgehead atoms. The summed E-state index contributed by atoms with van der Waals surface area (Å²) in [5.41, 5.74) is 6.72. The van der Waals surface area contributed by atoms with Crippen LogP contribution in [0.1, 0.15) is 5.82 Å². The molecule has 2 aromatic heterocycles. The van der Waals surface area contributed by atoms with Crippen LogP contribution in [0.4, 0.5) is 0 Å². The number of nitrogens with two attached hydrogens (primary N) is 1. The van der Waals surface area contributed by atoms with Gasteiger partial charge in [0.2, 0.25) is 5.91 Å². The third-order valence-electron chi connectivity index (χ3n) is 4.17. The molecule has 0 aliphatic carbocycles. The zero-order valence-corrected chi connectivity index (χ0v) is 16.5. The predicted octanol–water partition coefficient (Wildman–Crippen LogP) is 1.59. The highest BCUT2D eigenvalue weighted by Crippen LogP contribution is 2.31. The molecule has 148 valence electrons. The summed E-state index contributed by atoms with van der Waals surface area (Å²) in [6.45, 7) is 1.30. The first-order valence-electron chi connectivity index (χ1n) is 8.67. The molecule has 1 amide bonds. The van der Waals surface area contributed by atoms with Gasteiger partial charge in [-0.05, 0) is 35.9 Å². The third-order valence-corrected chi connectivity index (χ3v) is 5.34. The molecule has 1 aromatic carbocycles. The van der Waals surface area contributed by atoms with Crippen LogP contribution >= 0.6 is 11.3 Å². The van der Waals surface area contributed by atoms with Gasteiger partial charge in [-0.1, -0.05) is 0 Å². The number of thiophene rings is 1. The lowest BCUT2D eigenvalue weighted by atomic mass is 10.2. The molecule has 9 heteroatoms. The van der Waals surface area contributed by atoms with E-state index in [9.17, 15) is 9.59 Å². The van der Waals surface area contributed by atoms with Crippen molar-refractivity contribution in [1.29, 1.82) is 0 Å². The molecule has 0 spiro atoms. The lowest BCUT2D eigenvalue weighted by molar-refractivity contribution is -0.119. The predicted molar refractivity (Wildman–Crippen MR) is 109 cm³/mol. The number of carbonyl (C=O) groups excluding carboxylic acids is 1. The van der Waals surface area contributed by atoms with Crippen LogP contribution in [0.25, 0.3) is 20.7 Å². The normalized spacial score (nSPS) is 11.2. The van der Waals surface area contributed by atoms with E-state index in [0.717, 1.165) is 16.2 Å². The van der Waals surface area contributed by atoms with Crippen molar-refractivity contribution in [2.75, 3.05) is 33.9 Å². The Balaban J connectivity index is 1.88. The van der Waals surface area contributed by atoms with Crippen molar-refractivity contribution in [3.63, 3.8) is 0 Å². The molecule has 0 fully saturated rings. The van der Waals surface area contributed by atoms with E-state index < -0.39 is 5.91 Å². The fourth-order valence-corrected chi connectivity index (χ4v) is 3.82. The SMILES string of the molecule is COCCN(CC(N)=O)Cc1nc2cc(-c3ccc(OC)cc3)sc2c(=O)[nH]1. The number of primary amides is 1. The van der Waals surface area contributed by atoms with Crippen LogP contribution in [0.2, 0.25) is 0 Å². The Morgan fingerprint density at radius 1 is 1.29 bits per heavy atom. The molecule has 28 heavy (non-hydrogen) atoms. The molecule has 3 rings (SSSR count). The van der Waals surface area contributed by atoms with Gasteiger partial charge in [-0.2, -0.15) is 0 Å². The van der Waals surface area contributed by atoms with Crippen LogP contribution in [-0.2, 0) is 16.1 Å². The zero-order valence-electron chi connectivity index (χ0n) is 15.7. The number of hydrogen-bond donors (Lipinski definition) is 2. The number of nitrogens with zero attached hydrogens (tertiary/aromatic N) is 2. The summed E-state index contributed by atoms with van der Waals surface area (Å²) in [5.74, 6) is 0.805. The van der Waals surface area contributed by atoms with Gasteiger partial charge in [-0.3, -0.25) is 14.5 Å². The van der Waals surface area contributed by atoms with Crippen LogP contribution in [-0.4, -0.2) is 54.7 Å². The number of amides is 1. The number of benzene rings is 1. The van der Waals surface area contributed by atoms with Crippen LogP contribution in [0.3, 0.4) is 0 Å². The fourth-order valence-electron chi connectivity index (χ4n) is 2.83. The maximum atomic E-state index is 12.5. The number of nitrogens with one attached hydrogen (secondary N) is 1. The second kappa shape index (κ2) is 8.96. The molecular formula is C19H22N4O4S. The van der Waals surface area contributed by atoms with Crippen LogP contribution in [0.5, 0.6) is 5.75 Å². The van der Waals surface area contributed by atoms with Gasteiger partial charge in [0.25, 0.3) is 5.56 Å². The first-order chi connectivity index (χ1) is 13.5. The van der Waals surface area contributed by atoms with E-state index in [0.29, 0.717) is 35.7 Å². The summed E-state index contributed by atoms with van der Waals surface area (Å²) in [6, 6.07) is 9.53. The smallest absolute Gasteiger partial charge is 0.268 e. The molecular weight excluding hydrogens is 380 g/mol. The van der Waals surface area contributed by atoms with Crippen molar-refractivity contribution in [3.05, 3.63) is 46.5 Å². The minimum absolute atomic E-state index is 0.0614. The summed E-state index contributed by atoms with van der Waals surface area (Å²) < 4.78 is 10.8. The van der Waals surface area contributed by atoms with Gasteiger partial charge in [-0.15, -0.1) is 11.3 Å². The quantitative estimate of drug-likeness (QED) is 0.562. The van der Waals surface area contributed by atoms with Gasteiger partial charge >= 0.3 is 0 Å². The Morgan fingerprint density at radius 3 is 2.68 bits per heavy atom. The van der Waals surface area contributed by atoms with Crippen LogP contribution in [0.15, 0.2) is 35.1 Å². The van der Waals surface area contributed by atoms with E-state index >= 15 is 0 Å². The number of ether oxygens (including phenoxy) is 2. The Kier molecular flexibility index (Phi) is 6.40. The van der Waals surface area contributed by atoms with Crippen molar-refractivity contribution in [2.24, 2.45) is 5.73 Å². The number of rotatable bonds is 9. The first kappa shape index (κ1) is 20.0. The summed E-state index contributed by atoms with van der Waals surface area (Å²) in [4.78, 5) is 33.9. The Morgan fingerprint density at radius 2 is 2.04 bits per heavy atom. The first-order valence-corrected chi connectivity index (χ1v) is 9.48. The largest absolute Gasteiger partial charge is 0.497 e. The van der Waals surface area contributed by atoms with Gasteiger partial charge in [0.1, 0.15) is 16.3 Å². The van der Waals surface area contributed by atoms with Crippen molar-refractivity contribution in [1.82, 2.24) is 14.9 Å². The zero-order chi connectivity index (χ0) is 20.1. The molecule has 3 N–H and O–H groups in total. The van der Waals surface area contributed by atoms with Crippen LogP contribution in [0, 0.1) is 0 Å². The lowest BCUT2D eigenvalue weighted by Crippen LogP contribution is -2.36. The van der Waals surface area contributed by atoms with E-state index in [1.165, 1.54) is 11.3 Å². The van der Waals surface area contributed by atoms with Gasteiger partial charge in [0.15, 0.2) is 0 Å². The molecule has 0 atom stereocenters. The molecule has 2 heterocycles. The number of aromatic nitrogens is 2. The number of aromatic amines is 1. The van der Waals surface area contributed by atoms with E-state index in [4.69, 9.17) is 15.2 Å². The Bertz CT molecular complexity index is 1010. The van der Waals surface area contributed by atoms with Gasteiger partial charge in [0, 0.05) is 18.5 Å². The lowest BCUT2D eigenvalue weighted by Gasteiger charge is -2.19. The third kappa shape index (κ3) is 4.75. The maximum absolute atomic E-state index is 12.5. The molecule has 0 saturated heterocycles. The van der Waals surface area contributed by atoms with Crippen LogP contribution < -0.4 is 16.0 Å². The second-order valence-corrected chi connectivity index (χ2v) is 7.29. The van der Waals surface area contributed by atoms with E-state index in [1.807, 2.05) is 30.3 Å². The average molecular weight is 402 g/mol. The van der Waals surface area contributed by atoms with Gasteiger partial charge in [0.05, 0.1) is 32.3 Å². The maximum Gasteiger partial charge on any atom is 0.268 e. The minimum atomic E-state index is -0.447. The van der Waals surface area contributed by atoms with Crippen molar-refractivity contribution < 1.29 is 14.3 Å². The standard InChI is InChI=1S/C19H22N4O4S/c1-26-8-7-23(10-16(20)24)11-17-21-14-9-15(28-18(14)19(25)22-17)12-3-5-13(27-2)6-4-12/h3-6,9H,7-8,10-11H2,1-2H3,(H2,20,24)(H,21,22,25). The van der Waals surface area contributed by atoms with E-state index in [-0.39, 0.29) is 12.1 Å². The molecule has 3 aromatic rings. The monoisotopic (exact) mass is 402 g/mol. The van der Waals surface area contributed by atoms with Crippen molar-refractivity contribution in [3.8, 4) is 16.2 Å². The van der Waals surface area contributed by atoms with E-state index in [1.54, 1.807) is 19.1 Å². The fraction of sp³-hybridized carbons (Fsp3) is 0.316. The average Bonchev–Trinajstić information content (AvgIpc) is 3.10. The second-order valence-electron chi connectivity index (χ2n) is 6.24. The highest BCUT2D eigenvalue weighted by atomic mass is 32.1. The summed E-state index contributed by atoms with van der Waals surface area (Å²) in [6.07, 6.45) is 0. The van der Waals surface area contributed by atoms with Crippen molar-refractivity contribution >= 4 is 27.5 Å². The van der Waals surface area contributed by atoms with Crippen molar-refractivity contribution in [2.45, 2.75) is 6.54 Å². The number of carbonyl (C=O) groups is 1. The number of H-pyrrole nitrogens is 1. The number of hydrogen-bond acceptors (Lipinski definition) is 7. The summed E-state index contributed by atoms with van der Waals surface area (Å²) in [7, 11) is 3.20. The highest BCUT2D eigenvalue weighted by Gasteiger charge is 2.14. The highest BCUT2D eigenvalue weighted by molar-refractivity contribution is 7.22. The molecule has 0 unspecified atom stereocenters. The minimum Gasteiger partial charge on any atom is -0.497 e. The molecule has 8 nitrogen and oxygen atoms in total. The molecule has 0 radical (unpaired) electrons. The van der Waals surface area contributed by atoms with Gasteiger partial charge < -0.3 is 20.2 Å². The molecule has 0 aliphatic heterocycles. The van der Waals surface area contributed by atoms with Gasteiger partial charge in [-0.25, -0.2) is 4.98 Å². The number of methoxy groups -OCH3 is 2. The Labute approximate surface area is 165 Å². The summed E-state index contributed by atoms with van der Waals surface area (Å²) in [5, 5.41) is 0. The van der Waals surface area contributed by atoms with E-state index in [2.05, 4.69) is 9.97 Å².